The number of nitro groups is 1. The van der Waals surface area contributed by atoms with Crippen molar-refractivity contribution in [1.29, 1.82) is 0 Å². The van der Waals surface area contributed by atoms with Gasteiger partial charge in [0.15, 0.2) is 0 Å². The van der Waals surface area contributed by atoms with E-state index in [1.165, 1.54) is 19.8 Å². The minimum Gasteiger partial charge on any atom is -0.495 e. The Morgan fingerprint density at radius 3 is 2.67 bits per heavy atom. The topological polar surface area (TPSA) is 108 Å². The Kier molecular flexibility index (Phi) is 4.09. The highest BCUT2D eigenvalue weighted by molar-refractivity contribution is 5.80. The highest BCUT2D eigenvalue weighted by atomic mass is 16.6. The number of nitrogens with one attached hydrogen (secondary N) is 1. The van der Waals surface area contributed by atoms with E-state index in [0.29, 0.717) is 22.5 Å². The summed E-state index contributed by atoms with van der Waals surface area (Å²) >= 11 is 0. The minimum absolute atomic E-state index is 0.0623. The van der Waals surface area contributed by atoms with Crippen molar-refractivity contribution < 1.29 is 9.66 Å². The Morgan fingerprint density at radius 2 is 1.85 bits per heavy atom. The maximum atomic E-state index is 11.8. The Morgan fingerprint density at radius 1 is 1.07 bits per heavy atom. The molecule has 0 spiro atoms. The summed E-state index contributed by atoms with van der Waals surface area (Å²) in [5, 5.41) is 14.8. The molecule has 2 heterocycles. The lowest BCUT2D eigenvalue weighted by atomic mass is 10.3. The molecular weight excluding hydrogens is 348 g/mol. The molecule has 1 N–H and O–H groups in total. The molecule has 0 saturated carbocycles. The van der Waals surface area contributed by atoms with Gasteiger partial charge in [-0.1, -0.05) is 24.3 Å². The Balaban J connectivity index is 1.87. The van der Waals surface area contributed by atoms with Gasteiger partial charge in [0.1, 0.15) is 18.4 Å². The van der Waals surface area contributed by atoms with Crippen LogP contribution in [0.4, 0.5) is 17.2 Å². The van der Waals surface area contributed by atoms with Gasteiger partial charge >= 0.3 is 5.69 Å². The number of imidazole rings is 1. The van der Waals surface area contributed by atoms with Crippen LogP contribution in [0.3, 0.4) is 0 Å². The average Bonchev–Trinajstić information content (AvgIpc) is 3.12. The largest absolute Gasteiger partial charge is 0.495 e. The van der Waals surface area contributed by atoms with E-state index in [1.54, 1.807) is 22.8 Å². The third-order valence-corrected chi connectivity index (χ3v) is 4.03. The van der Waals surface area contributed by atoms with Crippen LogP contribution in [0.2, 0.25) is 0 Å². The van der Waals surface area contributed by atoms with Crippen molar-refractivity contribution in [1.82, 2.24) is 19.5 Å². The zero-order valence-corrected chi connectivity index (χ0v) is 14.2. The van der Waals surface area contributed by atoms with E-state index in [-0.39, 0.29) is 17.3 Å². The van der Waals surface area contributed by atoms with E-state index in [1.807, 2.05) is 30.3 Å². The van der Waals surface area contributed by atoms with Crippen LogP contribution in [0.15, 0.2) is 61.2 Å². The summed E-state index contributed by atoms with van der Waals surface area (Å²) in [7, 11) is 1.53. The molecule has 2 aromatic heterocycles. The predicted molar refractivity (Wildman–Crippen MR) is 99.6 cm³/mol. The molecule has 0 amide bonds. The number of benzene rings is 2. The Labute approximate surface area is 153 Å². The normalized spacial score (nSPS) is 10.7. The van der Waals surface area contributed by atoms with Gasteiger partial charge in [0, 0.05) is 0 Å². The first-order chi connectivity index (χ1) is 13.2. The van der Waals surface area contributed by atoms with Crippen molar-refractivity contribution in [2.75, 3.05) is 12.4 Å². The quantitative estimate of drug-likeness (QED) is 0.428. The van der Waals surface area contributed by atoms with Crippen molar-refractivity contribution in [2.24, 2.45) is 0 Å². The van der Waals surface area contributed by atoms with Gasteiger partial charge in [-0.2, -0.15) is 0 Å². The molecule has 0 aliphatic heterocycles. The zero-order valence-electron chi connectivity index (χ0n) is 14.2. The average molecular weight is 362 g/mol. The lowest BCUT2D eigenvalue weighted by molar-refractivity contribution is -0.384. The van der Waals surface area contributed by atoms with Crippen molar-refractivity contribution in [2.45, 2.75) is 0 Å². The number of para-hydroxylation sites is 4. The van der Waals surface area contributed by atoms with Gasteiger partial charge in [-0.25, -0.2) is 15.0 Å². The van der Waals surface area contributed by atoms with Crippen molar-refractivity contribution in [3.05, 3.63) is 71.3 Å². The molecule has 0 fully saturated rings. The third kappa shape index (κ3) is 2.91. The highest BCUT2D eigenvalue weighted by Gasteiger charge is 2.26. The number of methoxy groups -OCH3 is 1. The Hall–Kier alpha value is -4.01. The smallest absolute Gasteiger partial charge is 0.354 e. The highest BCUT2D eigenvalue weighted by Crippen LogP contribution is 2.34. The number of aromatic nitrogens is 4. The molecule has 0 aliphatic carbocycles. The molecule has 9 nitrogen and oxygen atoms in total. The summed E-state index contributed by atoms with van der Waals surface area (Å²) in [4.78, 5) is 23.8. The van der Waals surface area contributed by atoms with Crippen molar-refractivity contribution >= 4 is 28.2 Å². The van der Waals surface area contributed by atoms with Gasteiger partial charge in [-0.3, -0.25) is 14.7 Å². The molecular formula is C18H14N6O3. The first-order valence-electron chi connectivity index (χ1n) is 8.01. The van der Waals surface area contributed by atoms with E-state index >= 15 is 0 Å². The number of fused-ring (bicyclic) bond motifs is 1. The lowest BCUT2D eigenvalue weighted by Gasteiger charge is -2.12. The van der Waals surface area contributed by atoms with Gasteiger partial charge in [-0.15, -0.1) is 0 Å². The van der Waals surface area contributed by atoms with Crippen LogP contribution in [0.5, 0.6) is 5.75 Å². The van der Waals surface area contributed by atoms with E-state index in [2.05, 4.69) is 20.3 Å². The van der Waals surface area contributed by atoms with E-state index in [0.717, 1.165) is 0 Å². The molecule has 0 unspecified atom stereocenters. The van der Waals surface area contributed by atoms with Gasteiger partial charge < -0.3 is 10.1 Å². The van der Waals surface area contributed by atoms with Gasteiger partial charge in [-0.05, 0) is 24.3 Å². The first kappa shape index (κ1) is 16.5. The molecule has 4 rings (SSSR count). The fourth-order valence-corrected chi connectivity index (χ4v) is 2.81. The molecule has 27 heavy (non-hydrogen) atoms. The number of hydrogen-bond donors (Lipinski definition) is 1. The number of nitrogens with zero attached hydrogens (tertiary/aromatic N) is 5. The fraction of sp³-hybridized carbons (Fsp3) is 0.0556. The third-order valence-electron chi connectivity index (χ3n) is 4.03. The summed E-state index contributed by atoms with van der Waals surface area (Å²) in [6, 6.07) is 14.4. The Bertz CT molecular complexity index is 1140. The monoisotopic (exact) mass is 362 g/mol. The number of ether oxygens (including phenoxy) is 1. The SMILES string of the molecule is COc1ccccc1Nc1ncnc(-n2cnc3ccccc32)c1[N+](=O)[O-]. The second-order valence-corrected chi connectivity index (χ2v) is 5.58. The van der Waals surface area contributed by atoms with Crippen LogP contribution in [-0.2, 0) is 0 Å². The lowest BCUT2D eigenvalue weighted by Crippen LogP contribution is -2.07. The number of hydrogen-bond acceptors (Lipinski definition) is 7. The minimum atomic E-state index is -0.512. The number of anilines is 2. The fourth-order valence-electron chi connectivity index (χ4n) is 2.81. The molecule has 0 saturated heterocycles. The standard InChI is InChI=1S/C18H14N6O3/c1-27-15-9-5-3-7-13(15)22-17-16(24(25)26)18(20-10-19-17)23-11-21-12-6-2-4-8-14(12)23/h2-11H,1H3,(H,19,20,22). The van der Waals surface area contributed by atoms with Crippen molar-refractivity contribution in [3.8, 4) is 11.6 Å². The summed E-state index contributed by atoms with van der Waals surface area (Å²) in [6.07, 6.45) is 2.78. The molecule has 4 aromatic rings. The van der Waals surface area contributed by atoms with E-state index in [4.69, 9.17) is 4.74 Å². The van der Waals surface area contributed by atoms with Crippen molar-refractivity contribution in [3.63, 3.8) is 0 Å². The van der Waals surface area contributed by atoms with E-state index in [9.17, 15) is 10.1 Å². The van der Waals surface area contributed by atoms with Crippen LogP contribution in [0.1, 0.15) is 0 Å². The van der Waals surface area contributed by atoms with Gasteiger partial charge in [0.25, 0.3) is 0 Å². The molecule has 0 atom stereocenters. The molecule has 9 heteroatoms. The van der Waals surface area contributed by atoms with Gasteiger partial charge in [0.05, 0.1) is 28.8 Å². The van der Waals surface area contributed by atoms with Crippen LogP contribution in [-0.4, -0.2) is 31.6 Å². The molecule has 134 valence electrons. The van der Waals surface area contributed by atoms with Crippen LogP contribution in [0, 0.1) is 10.1 Å². The van der Waals surface area contributed by atoms with E-state index < -0.39 is 4.92 Å². The predicted octanol–water partition coefficient (Wildman–Crippen LogP) is 3.48. The summed E-state index contributed by atoms with van der Waals surface area (Å²) in [5.74, 6) is 0.730. The van der Waals surface area contributed by atoms with Gasteiger partial charge in [0.2, 0.25) is 11.6 Å². The molecule has 0 radical (unpaired) electrons. The second kappa shape index (κ2) is 6.71. The second-order valence-electron chi connectivity index (χ2n) is 5.58. The zero-order chi connectivity index (χ0) is 18.8. The van der Waals surface area contributed by atoms with Crippen LogP contribution in [0.25, 0.3) is 16.9 Å². The molecule has 0 bridgehead atoms. The molecule has 0 aliphatic rings. The van der Waals surface area contributed by atoms with Crippen LogP contribution >= 0.6 is 0 Å². The summed E-state index contributed by atoms with van der Waals surface area (Å²) < 4.78 is 6.86. The number of rotatable bonds is 5. The first-order valence-corrected chi connectivity index (χ1v) is 8.01. The van der Waals surface area contributed by atoms with Crippen LogP contribution < -0.4 is 10.1 Å². The summed E-state index contributed by atoms with van der Waals surface area (Å²) in [5.41, 5.74) is 1.72. The summed E-state index contributed by atoms with van der Waals surface area (Å²) in [6.45, 7) is 0. The maximum Gasteiger partial charge on any atom is 0.354 e. The maximum absolute atomic E-state index is 11.8. The molecule has 2 aromatic carbocycles.